The van der Waals surface area contributed by atoms with Crippen molar-refractivity contribution in [3.05, 3.63) is 82.4 Å². The molecular weight excluding hydrogens is 496 g/mol. The number of hydroxylamine groups is 1. The van der Waals surface area contributed by atoms with Crippen LogP contribution in [0.2, 0.25) is 5.02 Å². The van der Waals surface area contributed by atoms with Crippen LogP contribution in [0.3, 0.4) is 0 Å². The van der Waals surface area contributed by atoms with E-state index in [0.717, 1.165) is 29.0 Å². The van der Waals surface area contributed by atoms with Crippen LogP contribution in [-0.2, 0) is 11.2 Å². The molecular formula is C28H31ClN2O6. The fraction of sp³-hybridized carbons (Fsp3) is 0.286. The normalized spacial score (nSPS) is 10.7. The summed E-state index contributed by atoms with van der Waals surface area (Å²) in [7, 11) is 1.43. The van der Waals surface area contributed by atoms with E-state index in [-0.39, 0.29) is 18.2 Å². The fourth-order valence-electron chi connectivity index (χ4n) is 3.66. The van der Waals surface area contributed by atoms with Gasteiger partial charge in [0.05, 0.1) is 23.4 Å². The van der Waals surface area contributed by atoms with Crippen LogP contribution in [0.5, 0.6) is 5.75 Å². The van der Waals surface area contributed by atoms with Gasteiger partial charge < -0.3 is 19.9 Å². The highest BCUT2D eigenvalue weighted by Crippen LogP contribution is 2.27. The molecule has 0 fully saturated rings. The van der Waals surface area contributed by atoms with Crippen molar-refractivity contribution >= 4 is 29.2 Å². The molecule has 0 radical (unpaired) electrons. The predicted octanol–water partition coefficient (Wildman–Crippen LogP) is 5.66. The van der Waals surface area contributed by atoms with Crippen molar-refractivity contribution in [3.63, 3.8) is 0 Å². The number of carboxylic acid groups (broad SMARTS) is 1. The first-order chi connectivity index (χ1) is 17.8. The van der Waals surface area contributed by atoms with Gasteiger partial charge in [-0.2, -0.15) is 0 Å². The average Bonchev–Trinajstić information content (AvgIpc) is 2.89. The Balaban J connectivity index is 1.66. The summed E-state index contributed by atoms with van der Waals surface area (Å²) < 4.78 is 10.7. The molecule has 9 heteroatoms. The highest BCUT2D eigenvalue weighted by Gasteiger charge is 2.14. The summed E-state index contributed by atoms with van der Waals surface area (Å²) in [5, 5.41) is 23.8. The molecule has 0 atom stereocenters. The van der Waals surface area contributed by atoms with Crippen LogP contribution in [0.25, 0.3) is 11.1 Å². The third kappa shape index (κ3) is 7.95. The van der Waals surface area contributed by atoms with Gasteiger partial charge in [0.25, 0.3) is 5.91 Å². The number of methoxy groups -OCH3 is 1. The first-order valence-corrected chi connectivity index (χ1v) is 12.3. The van der Waals surface area contributed by atoms with Crippen LogP contribution >= 0.6 is 11.6 Å². The van der Waals surface area contributed by atoms with Crippen molar-refractivity contribution < 1.29 is 29.4 Å². The van der Waals surface area contributed by atoms with Gasteiger partial charge >= 0.3 is 5.97 Å². The summed E-state index contributed by atoms with van der Waals surface area (Å²) >= 11 is 6.10. The highest BCUT2D eigenvalue weighted by atomic mass is 35.5. The van der Waals surface area contributed by atoms with Crippen LogP contribution in [0.15, 0.2) is 60.7 Å². The zero-order chi connectivity index (χ0) is 26.8. The summed E-state index contributed by atoms with van der Waals surface area (Å²) in [4.78, 5) is 24.3. The van der Waals surface area contributed by atoms with Crippen LogP contribution < -0.4 is 15.1 Å². The number of aromatic carboxylic acids is 1. The van der Waals surface area contributed by atoms with E-state index in [0.29, 0.717) is 47.2 Å². The minimum Gasteiger partial charge on any atom is -0.493 e. The molecule has 3 aromatic carbocycles. The molecule has 3 aromatic rings. The number of anilines is 1. The van der Waals surface area contributed by atoms with Crippen molar-refractivity contribution in [2.24, 2.45) is 0 Å². The Hall–Kier alpha value is -3.59. The van der Waals surface area contributed by atoms with Gasteiger partial charge in [0.15, 0.2) is 0 Å². The first-order valence-electron chi connectivity index (χ1n) is 12.0. The fourth-order valence-corrected chi connectivity index (χ4v) is 3.83. The first kappa shape index (κ1) is 28.0. The lowest BCUT2D eigenvalue weighted by atomic mass is 10.00. The Bertz CT molecular complexity index is 1220. The largest absolute Gasteiger partial charge is 0.493 e. The third-order valence-corrected chi connectivity index (χ3v) is 5.88. The quantitative estimate of drug-likeness (QED) is 0.150. The Morgan fingerprint density at radius 1 is 1.03 bits per heavy atom. The molecule has 0 heterocycles. The average molecular weight is 527 g/mol. The second kappa shape index (κ2) is 13.6. The van der Waals surface area contributed by atoms with Crippen molar-refractivity contribution in [1.82, 2.24) is 5.32 Å². The molecule has 0 spiro atoms. The molecule has 0 aliphatic rings. The molecule has 8 nitrogen and oxygen atoms in total. The number of carbonyl (C=O) groups excluding carboxylic acids is 1. The molecule has 1 amide bonds. The Morgan fingerprint density at radius 2 is 1.78 bits per heavy atom. The van der Waals surface area contributed by atoms with Crippen LogP contribution in [-0.4, -0.2) is 49.2 Å². The number of carboxylic acids is 1. The Labute approximate surface area is 221 Å². The maximum absolute atomic E-state index is 12.8. The number of unbranched alkanes of at least 4 members (excludes halogenated alkanes) is 1. The van der Waals surface area contributed by atoms with E-state index < -0.39 is 5.97 Å². The summed E-state index contributed by atoms with van der Waals surface area (Å²) in [6.45, 7) is 2.91. The van der Waals surface area contributed by atoms with Gasteiger partial charge in [-0.25, -0.2) is 9.86 Å². The molecule has 0 saturated carbocycles. The van der Waals surface area contributed by atoms with Crippen molar-refractivity contribution in [3.8, 4) is 16.9 Å². The van der Waals surface area contributed by atoms with E-state index >= 15 is 0 Å². The second-order valence-electron chi connectivity index (χ2n) is 8.44. The van der Waals surface area contributed by atoms with Gasteiger partial charge in [0, 0.05) is 18.7 Å². The van der Waals surface area contributed by atoms with E-state index in [4.69, 9.17) is 21.1 Å². The van der Waals surface area contributed by atoms with E-state index in [9.17, 15) is 19.9 Å². The van der Waals surface area contributed by atoms with Gasteiger partial charge in [-0.15, -0.1) is 0 Å². The molecule has 0 bridgehead atoms. The molecule has 0 aromatic heterocycles. The van der Waals surface area contributed by atoms with Crippen molar-refractivity contribution in [2.75, 3.05) is 32.1 Å². The minimum atomic E-state index is -1.10. The van der Waals surface area contributed by atoms with Crippen molar-refractivity contribution in [2.45, 2.75) is 26.2 Å². The van der Waals surface area contributed by atoms with Crippen LogP contribution in [0.4, 0.5) is 5.69 Å². The SMILES string of the molecule is CCCCOc1ccc(Cl)cc1C(=O)NCCc1ccc(-c2cc(C(=O)O)cc(N(O)COC)c2)cc1. The summed E-state index contributed by atoms with van der Waals surface area (Å²) in [6, 6.07) is 17.2. The molecule has 37 heavy (non-hydrogen) atoms. The lowest BCUT2D eigenvalue weighted by Gasteiger charge is -2.17. The monoisotopic (exact) mass is 526 g/mol. The predicted molar refractivity (Wildman–Crippen MR) is 143 cm³/mol. The van der Waals surface area contributed by atoms with E-state index in [1.54, 1.807) is 30.3 Å². The van der Waals surface area contributed by atoms with Crippen LogP contribution in [0, 0.1) is 0 Å². The van der Waals surface area contributed by atoms with Gasteiger partial charge in [0.2, 0.25) is 0 Å². The smallest absolute Gasteiger partial charge is 0.335 e. The van der Waals surface area contributed by atoms with Gasteiger partial charge in [-0.3, -0.25) is 10.0 Å². The molecule has 3 N–H and O–H groups in total. The maximum Gasteiger partial charge on any atom is 0.335 e. The molecule has 0 unspecified atom stereocenters. The highest BCUT2D eigenvalue weighted by molar-refractivity contribution is 6.31. The summed E-state index contributed by atoms with van der Waals surface area (Å²) in [6.07, 6.45) is 2.48. The number of hydrogen-bond donors (Lipinski definition) is 3. The summed E-state index contributed by atoms with van der Waals surface area (Å²) in [5.74, 6) is -0.845. The van der Waals surface area contributed by atoms with Gasteiger partial charge in [0.1, 0.15) is 12.5 Å². The zero-order valence-corrected chi connectivity index (χ0v) is 21.6. The topological polar surface area (TPSA) is 108 Å². The lowest BCUT2D eigenvalue weighted by Crippen LogP contribution is -2.26. The van der Waals surface area contributed by atoms with Crippen LogP contribution in [0.1, 0.15) is 46.0 Å². The second-order valence-corrected chi connectivity index (χ2v) is 8.87. The number of rotatable bonds is 13. The number of nitrogens with zero attached hydrogens (tertiary/aromatic N) is 1. The van der Waals surface area contributed by atoms with E-state index in [1.165, 1.54) is 13.2 Å². The Morgan fingerprint density at radius 3 is 2.46 bits per heavy atom. The number of nitrogens with one attached hydrogen (secondary N) is 1. The number of benzene rings is 3. The van der Waals surface area contributed by atoms with E-state index in [1.807, 2.05) is 24.3 Å². The number of carbonyl (C=O) groups is 2. The van der Waals surface area contributed by atoms with Gasteiger partial charge in [-0.1, -0.05) is 49.2 Å². The third-order valence-electron chi connectivity index (χ3n) is 5.64. The van der Waals surface area contributed by atoms with E-state index in [2.05, 4.69) is 12.2 Å². The molecule has 0 aliphatic carbocycles. The zero-order valence-electron chi connectivity index (χ0n) is 20.9. The Kier molecular flexibility index (Phi) is 10.3. The number of amides is 1. The number of hydrogen-bond acceptors (Lipinski definition) is 6. The molecule has 0 saturated heterocycles. The van der Waals surface area contributed by atoms with Gasteiger partial charge in [-0.05, 0) is 65.9 Å². The summed E-state index contributed by atoms with van der Waals surface area (Å²) in [5.41, 5.74) is 3.18. The standard InChI is InChI=1S/C28H31ClN2O6/c1-3-4-13-37-26-10-9-23(29)17-25(26)27(32)30-12-11-19-5-7-20(8-6-19)21-14-22(28(33)34)16-24(15-21)31(35)18-36-2/h5-10,14-17,35H,3-4,11-13,18H2,1-2H3,(H,30,32)(H,33,34). The lowest BCUT2D eigenvalue weighted by molar-refractivity contribution is 0.0696. The maximum atomic E-state index is 12.8. The number of halogens is 1. The molecule has 3 rings (SSSR count). The molecule has 0 aliphatic heterocycles. The molecule has 196 valence electrons. The number of ether oxygens (including phenoxy) is 2. The van der Waals surface area contributed by atoms with Crippen molar-refractivity contribution in [1.29, 1.82) is 0 Å². The minimum absolute atomic E-state index is 0.0495.